The fraction of sp³-hybridized carbons (Fsp3) is 0.914. The molecule has 0 unspecified atom stereocenters. The third kappa shape index (κ3) is 24.1. The highest BCUT2D eigenvalue weighted by Gasteiger charge is 2.02. The number of rotatable bonds is 30. The first-order valence-electron chi connectivity index (χ1n) is 17.5. The van der Waals surface area contributed by atoms with Crippen molar-refractivity contribution in [1.29, 1.82) is 0 Å². The van der Waals surface area contributed by atoms with Crippen LogP contribution in [0.4, 0.5) is 0 Å². The molecule has 0 atom stereocenters. The van der Waals surface area contributed by atoms with Crippen molar-refractivity contribution in [2.24, 2.45) is 0 Å². The zero-order chi connectivity index (χ0) is 27.2. The summed E-state index contributed by atoms with van der Waals surface area (Å²) in [6.45, 7) is 4.59. The van der Waals surface area contributed by atoms with Gasteiger partial charge in [-0.3, -0.25) is 0 Å². The van der Waals surface area contributed by atoms with Crippen LogP contribution >= 0.6 is 0 Å². The maximum Gasteiger partial charge on any atom is 0.132 e. The Morgan fingerprint density at radius 2 is 0.579 bits per heavy atom. The number of unbranched alkanes of at least 4 members (excludes halogenated alkanes) is 26. The summed E-state index contributed by atoms with van der Waals surface area (Å²) in [6.07, 6.45) is 43.1. The lowest BCUT2D eigenvalue weighted by atomic mass is 10.0. The molecule has 0 aromatic carbocycles. The molecule has 0 N–H and O–H groups in total. The lowest BCUT2D eigenvalue weighted by Gasteiger charge is -2.05. The van der Waals surface area contributed by atoms with Crippen LogP contribution in [0.2, 0.25) is 0 Å². The predicted molar refractivity (Wildman–Crippen MR) is 168 cm³/mol. The van der Waals surface area contributed by atoms with Crippen LogP contribution < -0.4 is 0 Å². The molecule has 0 saturated heterocycles. The summed E-state index contributed by atoms with van der Waals surface area (Å²) in [5, 5.41) is 0. The van der Waals surface area contributed by atoms with Crippen LogP contribution in [0.15, 0.2) is 6.33 Å². The third-order valence-corrected chi connectivity index (χ3v) is 8.18. The van der Waals surface area contributed by atoms with Crippen molar-refractivity contribution in [3.05, 3.63) is 18.0 Å². The molecule has 0 aliphatic heterocycles. The molecule has 3 nitrogen and oxygen atoms in total. The molecule has 0 bridgehead atoms. The molecule has 1 aromatic rings. The molecule has 1 heterocycles. The van der Waals surface area contributed by atoms with Crippen molar-refractivity contribution in [3.63, 3.8) is 0 Å². The zero-order valence-corrected chi connectivity index (χ0v) is 26.1. The Morgan fingerprint density at radius 3 is 0.842 bits per heavy atom. The van der Waals surface area contributed by atoms with Crippen molar-refractivity contribution in [2.75, 3.05) is 0 Å². The van der Waals surface area contributed by atoms with E-state index in [2.05, 4.69) is 23.8 Å². The number of aromatic nitrogens is 3. The Bertz CT molecular complexity index is 541. The largest absolute Gasteiger partial charge is 0.221 e. The summed E-state index contributed by atoms with van der Waals surface area (Å²) in [6, 6.07) is 0. The van der Waals surface area contributed by atoms with Gasteiger partial charge in [0.05, 0.1) is 0 Å². The van der Waals surface area contributed by atoms with E-state index in [4.69, 9.17) is 4.98 Å². The van der Waals surface area contributed by atoms with Gasteiger partial charge in [-0.2, -0.15) is 0 Å². The molecule has 38 heavy (non-hydrogen) atoms. The van der Waals surface area contributed by atoms with E-state index in [0.717, 1.165) is 24.5 Å². The second-order valence-corrected chi connectivity index (χ2v) is 12.0. The molecule has 0 saturated carbocycles. The van der Waals surface area contributed by atoms with E-state index in [9.17, 15) is 0 Å². The summed E-state index contributed by atoms with van der Waals surface area (Å²) >= 11 is 0. The third-order valence-electron chi connectivity index (χ3n) is 8.18. The van der Waals surface area contributed by atoms with Gasteiger partial charge in [-0.25, -0.2) is 15.0 Å². The van der Waals surface area contributed by atoms with Crippen LogP contribution in [-0.2, 0) is 12.8 Å². The van der Waals surface area contributed by atoms with E-state index in [0.29, 0.717) is 0 Å². The van der Waals surface area contributed by atoms with E-state index >= 15 is 0 Å². The van der Waals surface area contributed by atoms with Gasteiger partial charge in [-0.05, 0) is 12.8 Å². The molecular weight excluding hydrogens is 462 g/mol. The molecule has 0 aliphatic carbocycles. The Balaban J connectivity index is 1.88. The molecular formula is C35H67N3. The maximum atomic E-state index is 4.75. The summed E-state index contributed by atoms with van der Waals surface area (Å²) < 4.78 is 0. The van der Waals surface area contributed by atoms with Crippen LogP contribution in [0.5, 0.6) is 0 Å². The van der Waals surface area contributed by atoms with Crippen molar-refractivity contribution in [2.45, 2.75) is 206 Å². The van der Waals surface area contributed by atoms with Gasteiger partial charge in [0.2, 0.25) is 0 Å². The first-order chi connectivity index (χ1) is 18.9. The molecule has 0 spiro atoms. The predicted octanol–water partition coefficient (Wildman–Crippen LogP) is 11.9. The number of hydrogen-bond acceptors (Lipinski definition) is 3. The highest BCUT2D eigenvalue weighted by molar-refractivity contribution is 4.91. The van der Waals surface area contributed by atoms with E-state index in [1.165, 1.54) is 180 Å². The fourth-order valence-electron chi connectivity index (χ4n) is 5.57. The average Bonchev–Trinajstić information content (AvgIpc) is 2.93. The molecule has 1 rings (SSSR count). The molecule has 0 aliphatic rings. The average molecular weight is 530 g/mol. The number of hydrogen-bond donors (Lipinski definition) is 0. The summed E-state index contributed by atoms with van der Waals surface area (Å²) in [5.74, 6) is 2.03. The Morgan fingerprint density at radius 1 is 0.342 bits per heavy atom. The van der Waals surface area contributed by atoms with Crippen LogP contribution in [0.25, 0.3) is 0 Å². The SMILES string of the molecule is CCCCCCCCCCCCCCCCc1ncnc(CCCCCCCCCCCCCCCC)n1. The first kappa shape index (κ1) is 35.0. The number of nitrogens with zero attached hydrogens (tertiary/aromatic N) is 3. The van der Waals surface area contributed by atoms with Crippen molar-refractivity contribution in [1.82, 2.24) is 15.0 Å². The molecule has 0 radical (unpaired) electrons. The molecule has 1 aromatic heterocycles. The first-order valence-corrected chi connectivity index (χ1v) is 17.5. The second-order valence-electron chi connectivity index (χ2n) is 12.0. The highest BCUT2D eigenvalue weighted by Crippen LogP contribution is 2.15. The zero-order valence-electron chi connectivity index (χ0n) is 26.1. The molecule has 222 valence electrons. The lowest BCUT2D eigenvalue weighted by Crippen LogP contribution is -2.02. The van der Waals surface area contributed by atoms with Gasteiger partial charge in [-0.15, -0.1) is 0 Å². The van der Waals surface area contributed by atoms with Crippen LogP contribution in [0.1, 0.15) is 205 Å². The fourth-order valence-corrected chi connectivity index (χ4v) is 5.57. The lowest BCUT2D eigenvalue weighted by molar-refractivity contribution is 0.532. The maximum absolute atomic E-state index is 4.75. The van der Waals surface area contributed by atoms with Crippen LogP contribution in [0.3, 0.4) is 0 Å². The standard InChI is InChI=1S/C35H67N3/c1-3-5-7-9-11-13-15-17-19-21-23-25-27-29-31-34-36-33-37-35(38-34)32-30-28-26-24-22-20-18-16-14-12-10-8-6-4-2/h33H,3-32H2,1-2H3. The summed E-state index contributed by atoms with van der Waals surface area (Å²) in [5.41, 5.74) is 0. The van der Waals surface area contributed by atoms with E-state index in [1.54, 1.807) is 6.33 Å². The molecule has 0 fully saturated rings. The summed E-state index contributed by atoms with van der Waals surface area (Å²) in [4.78, 5) is 13.6. The van der Waals surface area contributed by atoms with Gasteiger partial charge in [-0.1, -0.05) is 181 Å². The van der Waals surface area contributed by atoms with Gasteiger partial charge in [0.1, 0.15) is 18.0 Å². The quantitative estimate of drug-likeness (QED) is 0.0930. The molecule has 0 amide bonds. The minimum atomic E-state index is 1.01. The summed E-state index contributed by atoms with van der Waals surface area (Å²) in [7, 11) is 0. The van der Waals surface area contributed by atoms with Gasteiger partial charge in [0.25, 0.3) is 0 Å². The van der Waals surface area contributed by atoms with Crippen LogP contribution in [0, 0.1) is 0 Å². The van der Waals surface area contributed by atoms with Gasteiger partial charge in [0, 0.05) is 12.8 Å². The second kappa shape index (κ2) is 29.0. The van der Waals surface area contributed by atoms with Gasteiger partial charge >= 0.3 is 0 Å². The normalized spacial score (nSPS) is 11.4. The van der Waals surface area contributed by atoms with Gasteiger partial charge < -0.3 is 0 Å². The highest BCUT2D eigenvalue weighted by atomic mass is 15.0. The molecule has 3 heteroatoms. The van der Waals surface area contributed by atoms with Crippen LogP contribution in [-0.4, -0.2) is 15.0 Å². The van der Waals surface area contributed by atoms with E-state index < -0.39 is 0 Å². The van der Waals surface area contributed by atoms with E-state index in [-0.39, 0.29) is 0 Å². The van der Waals surface area contributed by atoms with Crippen molar-refractivity contribution >= 4 is 0 Å². The van der Waals surface area contributed by atoms with E-state index in [1.807, 2.05) is 0 Å². The monoisotopic (exact) mass is 530 g/mol. The van der Waals surface area contributed by atoms with Gasteiger partial charge in [0.15, 0.2) is 0 Å². The Kier molecular flexibility index (Phi) is 26.7. The minimum absolute atomic E-state index is 1.01. The van der Waals surface area contributed by atoms with Crippen molar-refractivity contribution < 1.29 is 0 Å². The topological polar surface area (TPSA) is 38.7 Å². The number of aryl methyl sites for hydroxylation is 2. The Hall–Kier alpha value is -0.990. The minimum Gasteiger partial charge on any atom is -0.221 e. The van der Waals surface area contributed by atoms with Crippen molar-refractivity contribution in [3.8, 4) is 0 Å². The Labute approximate surface area is 239 Å². The smallest absolute Gasteiger partial charge is 0.132 e.